The Morgan fingerprint density at radius 1 is 1.32 bits per heavy atom. The molecular formula is C17H16FN5O2. The molecule has 128 valence electrons. The molecule has 0 radical (unpaired) electrons. The highest BCUT2D eigenvalue weighted by Gasteiger charge is 2.27. The van der Waals surface area contributed by atoms with Gasteiger partial charge in [-0.1, -0.05) is 0 Å². The molecule has 0 spiro atoms. The Morgan fingerprint density at radius 2 is 2.16 bits per heavy atom. The van der Waals surface area contributed by atoms with E-state index in [-0.39, 0.29) is 18.0 Å². The first-order chi connectivity index (χ1) is 12.1. The van der Waals surface area contributed by atoms with Crippen LogP contribution in [-0.4, -0.2) is 36.5 Å². The minimum absolute atomic E-state index is 0.161. The maximum atomic E-state index is 13.5. The Labute approximate surface area is 142 Å². The van der Waals surface area contributed by atoms with Gasteiger partial charge in [-0.3, -0.25) is 18.7 Å². The van der Waals surface area contributed by atoms with Crippen LogP contribution >= 0.6 is 0 Å². The van der Waals surface area contributed by atoms with Crippen molar-refractivity contribution in [2.24, 2.45) is 0 Å². The average Bonchev–Trinajstić information content (AvgIpc) is 3.10. The molecule has 0 saturated heterocycles. The summed E-state index contributed by atoms with van der Waals surface area (Å²) >= 11 is 0. The zero-order valence-electron chi connectivity index (χ0n) is 13.6. The molecule has 1 aliphatic heterocycles. The van der Waals surface area contributed by atoms with Crippen LogP contribution in [-0.2, 0) is 19.5 Å². The highest BCUT2D eigenvalue weighted by Crippen LogP contribution is 2.17. The number of carbonyl (C=O) groups excluding carboxylic acids is 1. The monoisotopic (exact) mass is 341 g/mol. The van der Waals surface area contributed by atoms with Crippen LogP contribution in [0.1, 0.15) is 28.7 Å². The van der Waals surface area contributed by atoms with Crippen molar-refractivity contribution in [2.75, 3.05) is 6.54 Å². The molecule has 4 rings (SSSR count). The summed E-state index contributed by atoms with van der Waals surface area (Å²) in [6, 6.07) is 4.43. The lowest BCUT2D eigenvalue weighted by molar-refractivity contribution is 0.0720. The second-order valence-corrected chi connectivity index (χ2v) is 5.93. The minimum atomic E-state index is -0.507. The lowest BCUT2D eigenvalue weighted by atomic mass is 10.1. The van der Waals surface area contributed by atoms with Gasteiger partial charge in [0.05, 0.1) is 17.8 Å². The third kappa shape index (κ3) is 2.50. The summed E-state index contributed by atoms with van der Waals surface area (Å²) < 4.78 is 16.3. The van der Waals surface area contributed by atoms with Crippen LogP contribution in [0.3, 0.4) is 0 Å². The molecule has 7 nitrogen and oxygen atoms in total. The van der Waals surface area contributed by atoms with Crippen molar-refractivity contribution in [3.8, 4) is 0 Å². The summed E-state index contributed by atoms with van der Waals surface area (Å²) in [5.74, 6) is -0.680. The number of amides is 1. The summed E-state index contributed by atoms with van der Waals surface area (Å²) in [4.78, 5) is 31.5. The first-order valence-electron chi connectivity index (χ1n) is 8.09. The Bertz CT molecular complexity index is 1040. The van der Waals surface area contributed by atoms with Gasteiger partial charge in [0.25, 0.3) is 11.5 Å². The third-order valence-corrected chi connectivity index (χ3v) is 4.46. The molecule has 0 N–H and O–H groups in total. The molecule has 0 saturated carbocycles. The zero-order valence-corrected chi connectivity index (χ0v) is 13.6. The predicted molar refractivity (Wildman–Crippen MR) is 87.8 cm³/mol. The van der Waals surface area contributed by atoms with Crippen LogP contribution in [0.15, 0.2) is 35.4 Å². The molecule has 1 aliphatic rings. The fraction of sp³-hybridized carbons (Fsp3) is 0.294. The maximum Gasteiger partial charge on any atom is 0.272 e. The average molecular weight is 341 g/mol. The summed E-state index contributed by atoms with van der Waals surface area (Å²) in [7, 11) is 0. The molecule has 0 fully saturated rings. The Morgan fingerprint density at radius 3 is 2.96 bits per heavy atom. The number of hydrogen-bond acceptors (Lipinski definition) is 4. The smallest absolute Gasteiger partial charge is 0.272 e. The van der Waals surface area contributed by atoms with Crippen LogP contribution < -0.4 is 5.56 Å². The molecule has 0 unspecified atom stereocenters. The van der Waals surface area contributed by atoms with Gasteiger partial charge in [0, 0.05) is 31.9 Å². The second kappa shape index (κ2) is 5.80. The van der Waals surface area contributed by atoms with Crippen LogP contribution in [0.5, 0.6) is 0 Å². The fourth-order valence-corrected chi connectivity index (χ4v) is 3.17. The molecule has 0 aliphatic carbocycles. The molecule has 0 aromatic carbocycles. The van der Waals surface area contributed by atoms with E-state index in [1.807, 2.05) is 6.92 Å². The second-order valence-electron chi connectivity index (χ2n) is 5.93. The van der Waals surface area contributed by atoms with Crippen molar-refractivity contribution in [1.29, 1.82) is 0 Å². The van der Waals surface area contributed by atoms with Crippen molar-refractivity contribution < 1.29 is 9.18 Å². The molecule has 4 heterocycles. The fourth-order valence-electron chi connectivity index (χ4n) is 3.17. The predicted octanol–water partition coefficient (Wildman–Crippen LogP) is 1.25. The van der Waals surface area contributed by atoms with Crippen molar-refractivity contribution >= 4 is 11.6 Å². The van der Waals surface area contributed by atoms with Gasteiger partial charge in [-0.2, -0.15) is 5.10 Å². The molecular weight excluding hydrogens is 325 g/mol. The van der Waals surface area contributed by atoms with E-state index in [1.165, 1.54) is 16.5 Å². The van der Waals surface area contributed by atoms with E-state index in [4.69, 9.17) is 0 Å². The highest BCUT2D eigenvalue weighted by atomic mass is 19.1. The molecule has 0 atom stereocenters. The summed E-state index contributed by atoms with van der Waals surface area (Å²) in [5, 5.41) is 4.11. The molecule has 25 heavy (non-hydrogen) atoms. The molecule has 0 bridgehead atoms. The molecule has 1 amide bonds. The molecule has 3 aromatic rings. The van der Waals surface area contributed by atoms with Gasteiger partial charge in [0.1, 0.15) is 17.2 Å². The van der Waals surface area contributed by atoms with Gasteiger partial charge in [0.2, 0.25) is 0 Å². The zero-order chi connectivity index (χ0) is 17.6. The lowest BCUT2D eigenvalue weighted by Crippen LogP contribution is -2.41. The van der Waals surface area contributed by atoms with Crippen molar-refractivity contribution in [2.45, 2.75) is 26.4 Å². The van der Waals surface area contributed by atoms with E-state index >= 15 is 0 Å². The number of nitrogens with zero attached hydrogens (tertiary/aromatic N) is 5. The number of aromatic nitrogens is 4. The Hall–Kier alpha value is -3.03. The van der Waals surface area contributed by atoms with Crippen LogP contribution in [0.4, 0.5) is 4.39 Å². The number of aryl methyl sites for hydroxylation is 1. The van der Waals surface area contributed by atoms with Gasteiger partial charge in [-0.05, 0) is 25.1 Å². The van der Waals surface area contributed by atoms with E-state index in [0.29, 0.717) is 42.1 Å². The van der Waals surface area contributed by atoms with Crippen molar-refractivity contribution in [1.82, 2.24) is 24.1 Å². The van der Waals surface area contributed by atoms with Gasteiger partial charge in [-0.25, -0.2) is 9.37 Å². The van der Waals surface area contributed by atoms with E-state index in [0.717, 1.165) is 6.20 Å². The Balaban J connectivity index is 1.73. The number of carbonyl (C=O) groups is 1. The van der Waals surface area contributed by atoms with E-state index in [2.05, 4.69) is 10.1 Å². The quantitative estimate of drug-likeness (QED) is 0.703. The van der Waals surface area contributed by atoms with Gasteiger partial charge in [0.15, 0.2) is 0 Å². The topological polar surface area (TPSA) is 72.5 Å². The summed E-state index contributed by atoms with van der Waals surface area (Å²) in [6.45, 7) is 3.14. The van der Waals surface area contributed by atoms with E-state index < -0.39 is 5.82 Å². The highest BCUT2D eigenvalue weighted by molar-refractivity contribution is 5.92. The van der Waals surface area contributed by atoms with Gasteiger partial charge in [-0.15, -0.1) is 0 Å². The van der Waals surface area contributed by atoms with Crippen LogP contribution in [0.2, 0.25) is 0 Å². The number of halogens is 1. The van der Waals surface area contributed by atoms with E-state index in [9.17, 15) is 14.0 Å². The van der Waals surface area contributed by atoms with Gasteiger partial charge < -0.3 is 4.90 Å². The number of fused-ring (bicyclic) bond motifs is 2. The molecule has 8 heteroatoms. The minimum Gasteiger partial charge on any atom is -0.332 e. The number of rotatable bonds is 2. The normalized spacial score (nSPS) is 13.9. The largest absolute Gasteiger partial charge is 0.332 e. The first-order valence-corrected chi connectivity index (χ1v) is 8.09. The Kier molecular flexibility index (Phi) is 3.60. The standard InChI is InChI=1S/C17H16FN5O2/c1-2-23-14(5-7-19-23)17(25)21-8-6-13-12(10-21)16(24)22-9-11(18)3-4-15(22)20-13/h3-5,7,9H,2,6,8,10H2,1H3. The summed E-state index contributed by atoms with van der Waals surface area (Å²) in [5.41, 5.74) is 1.68. The lowest BCUT2D eigenvalue weighted by Gasteiger charge is -2.28. The summed E-state index contributed by atoms with van der Waals surface area (Å²) in [6.07, 6.45) is 3.20. The maximum absolute atomic E-state index is 13.5. The van der Waals surface area contributed by atoms with Crippen molar-refractivity contribution in [3.05, 3.63) is 63.7 Å². The van der Waals surface area contributed by atoms with Crippen LogP contribution in [0.25, 0.3) is 5.65 Å². The molecule has 3 aromatic heterocycles. The third-order valence-electron chi connectivity index (χ3n) is 4.46. The number of hydrogen-bond donors (Lipinski definition) is 0. The SMILES string of the molecule is CCn1nccc1C(=O)N1CCc2nc3ccc(F)cn3c(=O)c2C1. The number of pyridine rings is 1. The first kappa shape index (κ1) is 15.5. The van der Waals surface area contributed by atoms with Crippen molar-refractivity contribution in [3.63, 3.8) is 0 Å². The van der Waals surface area contributed by atoms with E-state index in [1.54, 1.807) is 21.8 Å². The van der Waals surface area contributed by atoms with Crippen LogP contribution in [0, 0.1) is 5.82 Å². The van der Waals surface area contributed by atoms with Gasteiger partial charge >= 0.3 is 0 Å².